The molecule has 27 heavy (non-hydrogen) atoms. The maximum Gasteiger partial charge on any atom is 0.314 e. The lowest BCUT2D eigenvalue weighted by Crippen LogP contribution is -2.04. The first kappa shape index (κ1) is 30.6. The van der Waals surface area contributed by atoms with Gasteiger partial charge in [-0.2, -0.15) is 0 Å². The molecule has 3 aliphatic rings. The molecule has 0 N–H and O–H groups in total. The molecule has 0 atom stereocenters. The van der Waals surface area contributed by atoms with Crippen molar-refractivity contribution < 1.29 is 0 Å². The van der Waals surface area contributed by atoms with Gasteiger partial charge in [0.05, 0.1) is 0 Å². The Kier molecular flexibility index (Phi) is 26.0. The van der Waals surface area contributed by atoms with E-state index in [1.807, 2.05) is 34.6 Å². The minimum Gasteiger partial charge on any atom is -0.0843 e. The molecule has 0 aliphatic heterocycles. The molecule has 0 spiro atoms. The van der Waals surface area contributed by atoms with Gasteiger partial charge in [-0.25, -0.2) is 0 Å². The molecular formula is C24H51N3+2. The number of rotatable bonds is 0. The van der Waals surface area contributed by atoms with Gasteiger partial charge in [-0.1, -0.05) is 109 Å². The molecule has 3 heteroatoms. The monoisotopic (exact) mass is 381 g/mol. The fourth-order valence-corrected chi connectivity index (χ4v) is 2.65. The molecule has 0 radical (unpaired) electrons. The van der Waals surface area contributed by atoms with Gasteiger partial charge in [0, 0.05) is 34.6 Å². The highest BCUT2D eigenvalue weighted by Gasteiger charge is 2.21. The van der Waals surface area contributed by atoms with Crippen molar-refractivity contribution in [2.75, 3.05) is 0 Å². The molecule has 0 amide bonds. The molecule has 3 fully saturated rings. The van der Waals surface area contributed by atoms with E-state index in [0.29, 0.717) is 0 Å². The Morgan fingerprint density at radius 3 is 0.778 bits per heavy atom. The lowest BCUT2D eigenvalue weighted by molar-refractivity contribution is 0.673. The van der Waals surface area contributed by atoms with Crippen LogP contribution in [0.25, 0.3) is 9.82 Å². The van der Waals surface area contributed by atoms with E-state index >= 15 is 0 Å². The van der Waals surface area contributed by atoms with Gasteiger partial charge in [-0.15, -0.1) is 0 Å². The van der Waals surface area contributed by atoms with Gasteiger partial charge in [0.15, 0.2) is 0 Å². The number of nitrogens with zero attached hydrogens (tertiary/aromatic N) is 3. The van der Waals surface area contributed by atoms with Gasteiger partial charge in [0.25, 0.3) is 12.6 Å². The van der Waals surface area contributed by atoms with Crippen molar-refractivity contribution >= 4 is 0 Å². The van der Waals surface area contributed by atoms with Crippen molar-refractivity contribution in [1.29, 1.82) is 5.39 Å². The van der Waals surface area contributed by atoms with Crippen molar-refractivity contribution in [3.63, 3.8) is 0 Å². The van der Waals surface area contributed by atoms with Crippen LogP contribution in [0.2, 0.25) is 0 Å². The molecule has 0 aromatic heterocycles. The molecule has 3 aliphatic carbocycles. The lowest BCUT2D eigenvalue weighted by Gasteiger charge is -1.84. The molecule has 0 bridgehead atoms. The van der Waals surface area contributed by atoms with Gasteiger partial charge in [0.2, 0.25) is 5.39 Å². The SMILES string of the molecule is C.C#[N+]C(C)C.C1CCCC1.C1CCCC1.C1CCCC1.CC(C)(C)[N+]#N. The maximum absolute atomic E-state index is 8.03. The van der Waals surface area contributed by atoms with E-state index in [4.69, 9.17) is 12.0 Å². The van der Waals surface area contributed by atoms with Crippen LogP contribution in [0.4, 0.5) is 0 Å². The Balaban J connectivity index is -0.000000264. The van der Waals surface area contributed by atoms with Crippen LogP contribution in [0.15, 0.2) is 0 Å². The summed E-state index contributed by atoms with van der Waals surface area (Å²) in [6.45, 7) is 14.1. The van der Waals surface area contributed by atoms with Crippen LogP contribution < -0.4 is 0 Å². The summed E-state index contributed by atoms with van der Waals surface area (Å²) in [6.07, 6.45) is 22.5. The van der Waals surface area contributed by atoms with Gasteiger partial charge < -0.3 is 0 Å². The highest BCUT2D eigenvalue weighted by Crippen LogP contribution is 2.16. The van der Waals surface area contributed by atoms with E-state index in [1.54, 1.807) is 0 Å². The summed E-state index contributed by atoms with van der Waals surface area (Å²) >= 11 is 0. The third-order valence-electron chi connectivity index (χ3n) is 4.35. The highest BCUT2D eigenvalue weighted by molar-refractivity contribution is 4.80. The van der Waals surface area contributed by atoms with Crippen molar-refractivity contribution in [3.8, 4) is 6.57 Å². The standard InChI is InChI=1S/3C5H10.C4H9N2.C4H8N.CH4/c3*1-2-4-5-3-1;1-4(2,3)6-5;1-4(2)5-3;/h3*1-5H2;1-3H3;3-4H,1-2H3;1H4/q;;;2*+1;. The lowest BCUT2D eigenvalue weighted by atomic mass is 10.1. The molecule has 0 saturated heterocycles. The summed E-state index contributed by atoms with van der Waals surface area (Å²) in [6, 6.07) is 0.287. The molecule has 0 aromatic carbocycles. The molecule has 0 aromatic rings. The van der Waals surface area contributed by atoms with E-state index in [1.165, 1.54) is 96.3 Å². The van der Waals surface area contributed by atoms with Gasteiger partial charge in [0.1, 0.15) is 4.98 Å². The predicted molar refractivity (Wildman–Crippen MR) is 124 cm³/mol. The second-order valence-electron chi connectivity index (χ2n) is 8.82. The summed E-state index contributed by atoms with van der Waals surface area (Å²) < 4.78 is 0. The van der Waals surface area contributed by atoms with Gasteiger partial charge in [-0.05, 0) is 0 Å². The van der Waals surface area contributed by atoms with Gasteiger partial charge >= 0.3 is 5.54 Å². The van der Waals surface area contributed by atoms with Crippen LogP contribution >= 0.6 is 0 Å². The highest BCUT2D eigenvalue weighted by atomic mass is 14.9. The zero-order valence-electron chi connectivity index (χ0n) is 18.6. The van der Waals surface area contributed by atoms with E-state index in [9.17, 15) is 0 Å². The molecule has 0 unspecified atom stereocenters. The first-order valence-corrected chi connectivity index (χ1v) is 11.1. The molecule has 0 heterocycles. The normalized spacial score (nSPS) is 17.0. The summed E-state index contributed by atoms with van der Waals surface area (Å²) in [5.41, 5.74) is -0.278. The summed E-state index contributed by atoms with van der Waals surface area (Å²) in [5.74, 6) is 0. The maximum atomic E-state index is 8.03. The van der Waals surface area contributed by atoms with Crippen LogP contribution in [0.5, 0.6) is 0 Å². The summed E-state index contributed by atoms with van der Waals surface area (Å²) in [5, 5.41) is 8.03. The van der Waals surface area contributed by atoms with Crippen molar-refractivity contribution in [2.45, 2.75) is 150 Å². The number of hydrogen-bond acceptors (Lipinski definition) is 1. The predicted octanol–water partition coefficient (Wildman–Crippen LogP) is 9.48. The minimum atomic E-state index is -0.278. The summed E-state index contributed by atoms with van der Waals surface area (Å²) in [4.78, 5) is 6.41. The molecule has 3 saturated carbocycles. The Hall–Kier alpha value is -1.09. The van der Waals surface area contributed by atoms with Crippen LogP contribution in [-0.2, 0) is 0 Å². The van der Waals surface area contributed by atoms with Gasteiger partial charge in [-0.3, -0.25) is 0 Å². The van der Waals surface area contributed by atoms with E-state index < -0.39 is 0 Å². The fourth-order valence-electron chi connectivity index (χ4n) is 2.65. The van der Waals surface area contributed by atoms with Crippen molar-refractivity contribution in [3.05, 3.63) is 9.82 Å². The average molecular weight is 382 g/mol. The Labute approximate surface area is 172 Å². The average Bonchev–Trinajstić information content (AvgIpc) is 3.43. The zero-order valence-corrected chi connectivity index (χ0v) is 18.6. The quantitative estimate of drug-likeness (QED) is 0.384. The Bertz CT molecular complexity index is 297. The van der Waals surface area contributed by atoms with E-state index in [2.05, 4.69) is 9.82 Å². The van der Waals surface area contributed by atoms with Crippen molar-refractivity contribution in [1.82, 2.24) is 0 Å². The van der Waals surface area contributed by atoms with Crippen molar-refractivity contribution in [2.24, 2.45) is 0 Å². The second kappa shape index (κ2) is 23.0. The third kappa shape index (κ3) is 36.6. The minimum absolute atomic E-state index is 0. The first-order valence-electron chi connectivity index (χ1n) is 11.1. The van der Waals surface area contributed by atoms with Crippen LogP contribution in [0.3, 0.4) is 0 Å². The summed E-state index contributed by atoms with van der Waals surface area (Å²) in [7, 11) is 0. The fraction of sp³-hybridized carbons (Fsp3) is 0.958. The molecule has 160 valence electrons. The Morgan fingerprint density at radius 2 is 0.741 bits per heavy atom. The number of hydrogen-bond donors (Lipinski definition) is 0. The smallest absolute Gasteiger partial charge is 0.0843 e. The van der Waals surface area contributed by atoms with Crippen LogP contribution in [0, 0.1) is 12.0 Å². The van der Waals surface area contributed by atoms with E-state index in [0.717, 1.165) is 0 Å². The third-order valence-corrected chi connectivity index (χ3v) is 4.35. The largest absolute Gasteiger partial charge is 0.314 e. The van der Waals surface area contributed by atoms with Crippen LogP contribution in [0.1, 0.15) is 138 Å². The van der Waals surface area contributed by atoms with Crippen LogP contribution in [-0.4, -0.2) is 11.6 Å². The molecule has 3 nitrogen and oxygen atoms in total. The zero-order chi connectivity index (χ0) is 20.1. The molecular weight excluding hydrogens is 330 g/mol. The first-order chi connectivity index (χ1) is 12.3. The molecule has 3 rings (SSSR count). The number of diazo groups is 1. The van der Waals surface area contributed by atoms with E-state index in [-0.39, 0.29) is 19.0 Å². The second-order valence-corrected chi connectivity index (χ2v) is 8.82. The topological polar surface area (TPSA) is 32.5 Å². The Morgan fingerprint density at radius 1 is 0.630 bits per heavy atom.